The highest BCUT2D eigenvalue weighted by atomic mass is 16.4. The molecule has 0 aliphatic rings. The minimum atomic E-state index is -1.24. The van der Waals surface area contributed by atoms with E-state index in [-0.39, 0.29) is 0 Å². The first-order valence-corrected chi connectivity index (χ1v) is 4.47. The molecule has 0 fully saturated rings. The number of amides is 2. The van der Waals surface area contributed by atoms with Crippen molar-refractivity contribution in [2.75, 3.05) is 6.54 Å². The van der Waals surface area contributed by atoms with Crippen LogP contribution in [0.4, 0.5) is 9.59 Å². The summed E-state index contributed by atoms with van der Waals surface area (Å²) in [6.45, 7) is 0.300. The van der Waals surface area contributed by atoms with Crippen molar-refractivity contribution in [3.05, 3.63) is 0 Å². The van der Waals surface area contributed by atoms with Crippen molar-refractivity contribution in [3.63, 3.8) is 0 Å². The van der Waals surface area contributed by atoms with Crippen LogP contribution in [0.15, 0.2) is 0 Å². The molecule has 0 saturated carbocycles. The first-order valence-electron chi connectivity index (χ1n) is 4.47. The second kappa shape index (κ2) is 7.60. The van der Waals surface area contributed by atoms with Crippen LogP contribution < -0.4 is 10.6 Å². The Hall–Kier alpha value is -1.79. The van der Waals surface area contributed by atoms with E-state index in [2.05, 4.69) is 5.32 Å². The number of nitrogens with one attached hydrogen (secondary N) is 2. The summed E-state index contributed by atoms with van der Waals surface area (Å²) in [5.41, 5.74) is 0. The largest absolute Gasteiger partial charge is 0.465 e. The lowest BCUT2D eigenvalue weighted by molar-refractivity contribution is -0.109. The molecule has 2 amide bonds. The summed E-state index contributed by atoms with van der Waals surface area (Å²) in [5, 5.41) is 20.8. The molecular formula is C8H14N2O5. The fourth-order valence-corrected chi connectivity index (χ4v) is 1.02. The lowest BCUT2D eigenvalue weighted by Crippen LogP contribution is -2.34. The van der Waals surface area contributed by atoms with Gasteiger partial charge in [0.2, 0.25) is 0 Å². The molecule has 0 aliphatic carbocycles. The Morgan fingerprint density at radius 2 is 1.87 bits per heavy atom. The SMILES string of the molecule is O=CC(CCCCNC(=O)O)NC(=O)O. The van der Waals surface area contributed by atoms with Crippen LogP contribution in [0.2, 0.25) is 0 Å². The van der Waals surface area contributed by atoms with E-state index >= 15 is 0 Å². The monoisotopic (exact) mass is 218 g/mol. The van der Waals surface area contributed by atoms with Gasteiger partial charge in [0, 0.05) is 6.54 Å². The zero-order valence-electron chi connectivity index (χ0n) is 8.10. The van der Waals surface area contributed by atoms with Crippen molar-refractivity contribution < 1.29 is 24.6 Å². The quantitative estimate of drug-likeness (QED) is 0.361. The predicted molar refractivity (Wildman–Crippen MR) is 50.9 cm³/mol. The molecule has 1 atom stereocenters. The fraction of sp³-hybridized carbons (Fsp3) is 0.625. The molecule has 0 spiro atoms. The van der Waals surface area contributed by atoms with Gasteiger partial charge in [-0.15, -0.1) is 0 Å². The van der Waals surface area contributed by atoms with E-state index in [1.54, 1.807) is 0 Å². The Morgan fingerprint density at radius 3 is 2.33 bits per heavy atom. The first kappa shape index (κ1) is 13.2. The molecule has 0 aliphatic heterocycles. The minimum Gasteiger partial charge on any atom is -0.465 e. The van der Waals surface area contributed by atoms with E-state index in [1.807, 2.05) is 5.32 Å². The maximum absolute atomic E-state index is 10.4. The van der Waals surface area contributed by atoms with Crippen molar-refractivity contribution in [2.45, 2.75) is 25.3 Å². The fourth-order valence-electron chi connectivity index (χ4n) is 1.02. The Labute approximate surface area is 86.5 Å². The number of aldehydes is 1. The van der Waals surface area contributed by atoms with E-state index in [9.17, 15) is 14.4 Å². The molecule has 86 valence electrons. The average Bonchev–Trinajstić information content (AvgIpc) is 2.14. The van der Waals surface area contributed by atoms with E-state index in [1.165, 1.54) is 0 Å². The van der Waals surface area contributed by atoms with E-state index in [0.29, 0.717) is 32.1 Å². The highest BCUT2D eigenvalue weighted by Crippen LogP contribution is 1.98. The van der Waals surface area contributed by atoms with Crippen LogP contribution >= 0.6 is 0 Å². The number of carbonyl (C=O) groups is 3. The molecule has 0 aromatic heterocycles. The van der Waals surface area contributed by atoms with Crippen molar-refractivity contribution in [3.8, 4) is 0 Å². The average molecular weight is 218 g/mol. The van der Waals surface area contributed by atoms with Gasteiger partial charge >= 0.3 is 12.2 Å². The minimum absolute atomic E-state index is 0.300. The number of hydrogen-bond acceptors (Lipinski definition) is 3. The van der Waals surface area contributed by atoms with Crippen LogP contribution in [0.1, 0.15) is 19.3 Å². The lowest BCUT2D eigenvalue weighted by atomic mass is 10.1. The summed E-state index contributed by atoms with van der Waals surface area (Å²) in [5.74, 6) is 0. The smallest absolute Gasteiger partial charge is 0.405 e. The molecular weight excluding hydrogens is 204 g/mol. The molecule has 0 bridgehead atoms. The Kier molecular flexibility index (Phi) is 6.69. The van der Waals surface area contributed by atoms with E-state index < -0.39 is 18.2 Å². The summed E-state index contributed by atoms with van der Waals surface area (Å²) in [7, 11) is 0. The van der Waals surface area contributed by atoms with Crippen molar-refractivity contribution >= 4 is 18.5 Å². The Bertz CT molecular complexity index is 231. The molecule has 7 nitrogen and oxygen atoms in total. The molecule has 0 heterocycles. The van der Waals surface area contributed by atoms with Gasteiger partial charge in [-0.2, -0.15) is 0 Å². The molecule has 4 N–H and O–H groups in total. The normalized spacial score (nSPS) is 11.5. The number of rotatable bonds is 7. The summed E-state index contributed by atoms with van der Waals surface area (Å²) in [4.78, 5) is 30.6. The van der Waals surface area contributed by atoms with Gasteiger partial charge < -0.3 is 25.6 Å². The van der Waals surface area contributed by atoms with Gasteiger partial charge in [-0.05, 0) is 19.3 Å². The molecule has 7 heteroatoms. The summed E-state index contributed by atoms with van der Waals surface area (Å²) >= 11 is 0. The van der Waals surface area contributed by atoms with Gasteiger partial charge in [0.1, 0.15) is 6.29 Å². The van der Waals surface area contributed by atoms with Gasteiger partial charge in [0.05, 0.1) is 6.04 Å². The second-order valence-corrected chi connectivity index (χ2v) is 2.92. The van der Waals surface area contributed by atoms with Crippen molar-refractivity contribution in [1.29, 1.82) is 0 Å². The molecule has 0 aromatic rings. The van der Waals surface area contributed by atoms with Gasteiger partial charge in [0.15, 0.2) is 0 Å². The summed E-state index contributed by atoms with van der Waals surface area (Å²) in [6.07, 6.45) is -0.293. The third-order valence-corrected chi connectivity index (χ3v) is 1.69. The first-order chi connectivity index (χ1) is 7.06. The van der Waals surface area contributed by atoms with E-state index in [0.717, 1.165) is 0 Å². The van der Waals surface area contributed by atoms with Gasteiger partial charge in [-0.25, -0.2) is 9.59 Å². The van der Waals surface area contributed by atoms with Crippen molar-refractivity contribution in [2.24, 2.45) is 0 Å². The Morgan fingerprint density at radius 1 is 1.20 bits per heavy atom. The topological polar surface area (TPSA) is 116 Å². The van der Waals surface area contributed by atoms with E-state index in [4.69, 9.17) is 10.2 Å². The van der Waals surface area contributed by atoms with Crippen LogP contribution in [0.3, 0.4) is 0 Å². The summed E-state index contributed by atoms with van der Waals surface area (Å²) < 4.78 is 0. The van der Waals surface area contributed by atoms with Crippen LogP contribution in [0.5, 0.6) is 0 Å². The third-order valence-electron chi connectivity index (χ3n) is 1.69. The van der Waals surface area contributed by atoms with Crippen LogP contribution in [-0.2, 0) is 4.79 Å². The molecule has 0 radical (unpaired) electrons. The number of hydrogen-bond donors (Lipinski definition) is 4. The molecule has 0 aromatic carbocycles. The van der Waals surface area contributed by atoms with Gasteiger partial charge in [-0.1, -0.05) is 0 Å². The second-order valence-electron chi connectivity index (χ2n) is 2.92. The Balaban J connectivity index is 3.50. The number of carboxylic acid groups (broad SMARTS) is 2. The zero-order chi connectivity index (χ0) is 11.7. The third kappa shape index (κ3) is 8.54. The number of unbranched alkanes of at least 4 members (excludes halogenated alkanes) is 1. The van der Waals surface area contributed by atoms with Gasteiger partial charge in [0.25, 0.3) is 0 Å². The van der Waals surface area contributed by atoms with Crippen molar-refractivity contribution in [1.82, 2.24) is 10.6 Å². The van der Waals surface area contributed by atoms with Crippen LogP contribution in [-0.4, -0.2) is 41.3 Å². The molecule has 1 unspecified atom stereocenters. The highest BCUT2D eigenvalue weighted by Gasteiger charge is 2.08. The number of carbonyl (C=O) groups excluding carboxylic acids is 1. The van der Waals surface area contributed by atoms with Crippen LogP contribution in [0, 0.1) is 0 Å². The lowest BCUT2D eigenvalue weighted by Gasteiger charge is -2.09. The van der Waals surface area contributed by atoms with Crippen LogP contribution in [0.25, 0.3) is 0 Å². The maximum atomic E-state index is 10.4. The predicted octanol–water partition coefficient (Wildman–Crippen LogP) is 0.259. The zero-order valence-corrected chi connectivity index (χ0v) is 8.10. The maximum Gasteiger partial charge on any atom is 0.405 e. The molecule has 0 saturated heterocycles. The standard InChI is InChI=1S/C8H14N2O5/c11-5-6(10-8(14)15)3-1-2-4-9-7(12)13/h5-6,9-10H,1-4H2,(H,12,13)(H,14,15). The molecule has 0 rings (SSSR count). The van der Waals surface area contributed by atoms with Gasteiger partial charge in [-0.3, -0.25) is 0 Å². The highest BCUT2D eigenvalue weighted by molar-refractivity contribution is 5.71. The summed E-state index contributed by atoms with van der Waals surface area (Å²) in [6, 6.07) is -0.715. The molecule has 15 heavy (non-hydrogen) atoms.